The van der Waals surface area contributed by atoms with Crippen molar-refractivity contribution in [2.75, 3.05) is 13.2 Å². The van der Waals surface area contributed by atoms with Crippen molar-refractivity contribution >= 4 is 22.7 Å². The number of aliphatic hydroxyl groups is 1. The van der Waals surface area contributed by atoms with Gasteiger partial charge in [-0.25, -0.2) is 0 Å². The molecule has 1 aromatic carbocycles. The Morgan fingerprint density at radius 1 is 1.21 bits per heavy atom. The van der Waals surface area contributed by atoms with Crippen molar-refractivity contribution in [3.8, 4) is 0 Å². The summed E-state index contributed by atoms with van der Waals surface area (Å²) in [4.78, 5) is 27.3. The average molecular weight is 329 g/mol. The Morgan fingerprint density at radius 2 is 2.00 bits per heavy atom. The van der Waals surface area contributed by atoms with Crippen LogP contribution in [0.3, 0.4) is 0 Å². The summed E-state index contributed by atoms with van der Waals surface area (Å²) >= 11 is 0. The normalized spacial score (nSPS) is 20.7. The summed E-state index contributed by atoms with van der Waals surface area (Å²) in [6, 6.07) is 9.40. The Bertz CT molecular complexity index is 692. The molecule has 3 rings (SSSR count). The van der Waals surface area contributed by atoms with E-state index in [2.05, 4.69) is 15.6 Å². The van der Waals surface area contributed by atoms with Crippen molar-refractivity contribution in [1.29, 1.82) is 0 Å². The summed E-state index contributed by atoms with van der Waals surface area (Å²) in [5, 5.41) is 15.9. The van der Waals surface area contributed by atoms with E-state index in [-0.39, 0.29) is 36.9 Å². The Hall–Kier alpha value is -2.34. The van der Waals surface area contributed by atoms with Crippen LogP contribution in [0, 0.1) is 5.92 Å². The number of rotatable bonds is 5. The Balaban J connectivity index is 1.52. The maximum Gasteiger partial charge on any atom is 0.268 e. The largest absolute Gasteiger partial charge is 0.396 e. The Kier molecular flexibility index (Phi) is 5.15. The molecule has 1 aromatic heterocycles. The lowest BCUT2D eigenvalue weighted by Crippen LogP contribution is -2.47. The van der Waals surface area contributed by atoms with Crippen LogP contribution < -0.4 is 10.6 Å². The fraction of sp³-hybridized carbons (Fsp3) is 0.444. The van der Waals surface area contributed by atoms with Gasteiger partial charge in [0.2, 0.25) is 5.91 Å². The second-order valence-corrected chi connectivity index (χ2v) is 6.35. The molecule has 1 aliphatic carbocycles. The van der Waals surface area contributed by atoms with Crippen LogP contribution in [0.1, 0.15) is 36.2 Å². The van der Waals surface area contributed by atoms with E-state index in [1.807, 2.05) is 24.3 Å². The molecule has 1 heterocycles. The fourth-order valence-electron chi connectivity index (χ4n) is 3.33. The number of fused-ring (bicyclic) bond motifs is 1. The van der Waals surface area contributed by atoms with Crippen LogP contribution in [0.25, 0.3) is 10.9 Å². The highest BCUT2D eigenvalue weighted by Crippen LogP contribution is 2.23. The number of aromatic nitrogens is 1. The summed E-state index contributed by atoms with van der Waals surface area (Å²) in [7, 11) is 0. The molecule has 2 unspecified atom stereocenters. The van der Waals surface area contributed by atoms with Gasteiger partial charge in [-0.2, -0.15) is 0 Å². The molecular weight excluding hydrogens is 306 g/mol. The number of H-pyrrole nitrogens is 1. The van der Waals surface area contributed by atoms with Crippen LogP contribution in [0.15, 0.2) is 30.3 Å². The van der Waals surface area contributed by atoms with Crippen molar-refractivity contribution in [2.45, 2.75) is 31.7 Å². The maximum absolute atomic E-state index is 12.2. The molecule has 128 valence electrons. The lowest BCUT2D eigenvalue weighted by molar-refractivity contribution is -0.121. The number of para-hydroxylation sites is 1. The fourth-order valence-corrected chi connectivity index (χ4v) is 3.33. The number of carbonyl (C=O) groups excluding carboxylic acids is 2. The van der Waals surface area contributed by atoms with Gasteiger partial charge in [0.15, 0.2) is 0 Å². The highest BCUT2D eigenvalue weighted by molar-refractivity contribution is 5.99. The zero-order valence-corrected chi connectivity index (χ0v) is 13.5. The minimum absolute atomic E-state index is 0.00114. The van der Waals surface area contributed by atoms with Crippen LogP contribution in [0.2, 0.25) is 0 Å². The molecule has 0 saturated heterocycles. The SMILES string of the molecule is O=C(CNC(=O)c1cc2ccccc2[nH]1)NC1CCCCC1CO. The second-order valence-electron chi connectivity index (χ2n) is 6.35. The Labute approximate surface area is 140 Å². The first kappa shape index (κ1) is 16.5. The summed E-state index contributed by atoms with van der Waals surface area (Å²) in [6.45, 7) is 0.0230. The molecular formula is C18H23N3O3. The Morgan fingerprint density at radius 3 is 2.79 bits per heavy atom. The molecule has 1 aliphatic rings. The van der Waals surface area contributed by atoms with E-state index in [1.54, 1.807) is 6.07 Å². The van der Waals surface area contributed by atoms with Crippen LogP contribution in [0.5, 0.6) is 0 Å². The molecule has 0 aliphatic heterocycles. The van der Waals surface area contributed by atoms with Gasteiger partial charge in [0.25, 0.3) is 5.91 Å². The quantitative estimate of drug-likeness (QED) is 0.670. The summed E-state index contributed by atoms with van der Waals surface area (Å²) in [5.74, 6) is -0.402. The number of hydrogen-bond donors (Lipinski definition) is 4. The molecule has 2 amide bonds. The molecule has 0 spiro atoms. The molecule has 0 radical (unpaired) electrons. The zero-order chi connectivity index (χ0) is 16.9. The van der Waals surface area contributed by atoms with Gasteiger partial charge in [-0.3, -0.25) is 9.59 Å². The molecule has 6 heteroatoms. The van der Waals surface area contributed by atoms with Crippen molar-refractivity contribution in [2.24, 2.45) is 5.92 Å². The van der Waals surface area contributed by atoms with E-state index in [0.717, 1.165) is 36.6 Å². The van der Waals surface area contributed by atoms with Gasteiger partial charge in [-0.1, -0.05) is 31.0 Å². The minimum Gasteiger partial charge on any atom is -0.396 e. The van der Waals surface area contributed by atoms with Crippen LogP contribution in [0.4, 0.5) is 0 Å². The van der Waals surface area contributed by atoms with Crippen molar-refractivity contribution < 1.29 is 14.7 Å². The summed E-state index contributed by atoms with van der Waals surface area (Å²) in [5.41, 5.74) is 1.33. The van der Waals surface area contributed by atoms with Gasteiger partial charge in [-0.15, -0.1) is 0 Å². The number of amides is 2. The number of aliphatic hydroxyl groups excluding tert-OH is 1. The van der Waals surface area contributed by atoms with E-state index >= 15 is 0 Å². The maximum atomic E-state index is 12.2. The third-order valence-corrected chi connectivity index (χ3v) is 4.67. The smallest absolute Gasteiger partial charge is 0.268 e. The highest BCUT2D eigenvalue weighted by atomic mass is 16.3. The van der Waals surface area contributed by atoms with E-state index in [1.165, 1.54) is 0 Å². The highest BCUT2D eigenvalue weighted by Gasteiger charge is 2.25. The van der Waals surface area contributed by atoms with Gasteiger partial charge in [0, 0.05) is 29.5 Å². The van der Waals surface area contributed by atoms with E-state index in [9.17, 15) is 14.7 Å². The predicted octanol–water partition coefficient (Wildman–Crippen LogP) is 1.56. The topological polar surface area (TPSA) is 94.2 Å². The van der Waals surface area contributed by atoms with Gasteiger partial charge in [0.05, 0.1) is 6.54 Å². The lowest BCUT2D eigenvalue weighted by atomic mass is 9.85. The number of hydrogen-bond acceptors (Lipinski definition) is 3. The van der Waals surface area contributed by atoms with Crippen LogP contribution >= 0.6 is 0 Å². The van der Waals surface area contributed by atoms with Gasteiger partial charge < -0.3 is 20.7 Å². The van der Waals surface area contributed by atoms with Gasteiger partial charge in [-0.05, 0) is 25.0 Å². The van der Waals surface area contributed by atoms with Crippen molar-refractivity contribution in [3.05, 3.63) is 36.0 Å². The molecule has 0 bridgehead atoms. The molecule has 24 heavy (non-hydrogen) atoms. The standard InChI is InChI=1S/C18H23N3O3/c22-11-13-6-2-4-8-15(13)21-17(23)10-19-18(24)16-9-12-5-1-3-7-14(12)20-16/h1,3,5,7,9,13,15,20,22H,2,4,6,8,10-11H2,(H,19,24)(H,21,23). The molecule has 4 N–H and O–H groups in total. The number of nitrogens with one attached hydrogen (secondary N) is 3. The second kappa shape index (κ2) is 7.49. The number of benzene rings is 1. The first-order valence-electron chi connectivity index (χ1n) is 8.43. The van der Waals surface area contributed by atoms with Crippen molar-refractivity contribution in [1.82, 2.24) is 15.6 Å². The molecule has 1 saturated carbocycles. The monoisotopic (exact) mass is 329 g/mol. The molecule has 6 nitrogen and oxygen atoms in total. The van der Waals surface area contributed by atoms with E-state index in [0.29, 0.717) is 5.69 Å². The third-order valence-electron chi connectivity index (χ3n) is 4.67. The minimum atomic E-state index is -0.302. The van der Waals surface area contributed by atoms with E-state index < -0.39 is 0 Å². The lowest BCUT2D eigenvalue weighted by Gasteiger charge is -2.30. The molecule has 2 atom stereocenters. The van der Waals surface area contributed by atoms with Gasteiger partial charge >= 0.3 is 0 Å². The zero-order valence-electron chi connectivity index (χ0n) is 13.5. The first-order valence-corrected chi connectivity index (χ1v) is 8.43. The summed E-state index contributed by atoms with van der Waals surface area (Å²) < 4.78 is 0. The van der Waals surface area contributed by atoms with E-state index in [4.69, 9.17) is 0 Å². The van der Waals surface area contributed by atoms with Gasteiger partial charge in [0.1, 0.15) is 5.69 Å². The summed E-state index contributed by atoms with van der Waals surface area (Å²) in [6.07, 6.45) is 3.97. The van der Waals surface area contributed by atoms with Crippen LogP contribution in [-0.4, -0.2) is 41.1 Å². The number of carbonyl (C=O) groups is 2. The first-order chi connectivity index (χ1) is 11.7. The molecule has 2 aromatic rings. The molecule has 1 fully saturated rings. The number of aromatic amines is 1. The van der Waals surface area contributed by atoms with Crippen molar-refractivity contribution in [3.63, 3.8) is 0 Å². The third kappa shape index (κ3) is 3.76. The predicted molar refractivity (Wildman–Crippen MR) is 91.6 cm³/mol. The van der Waals surface area contributed by atoms with Crippen LogP contribution in [-0.2, 0) is 4.79 Å². The average Bonchev–Trinajstić information content (AvgIpc) is 3.04.